The van der Waals surface area contributed by atoms with E-state index in [-0.39, 0.29) is 5.91 Å². The SMILES string of the molecule is CC[C@H]1CCCCN1CCCNC(=O)[C@@H](C)Oc1cc(C)cc(C)c1C. The average Bonchev–Trinajstić information content (AvgIpc) is 2.62. The van der Waals surface area contributed by atoms with Crippen LogP contribution in [-0.4, -0.2) is 42.6 Å². The highest BCUT2D eigenvalue weighted by Gasteiger charge is 2.20. The van der Waals surface area contributed by atoms with Crippen LogP contribution in [0.15, 0.2) is 12.1 Å². The van der Waals surface area contributed by atoms with Gasteiger partial charge in [-0.05, 0) is 82.7 Å². The second-order valence-corrected chi connectivity index (χ2v) is 7.70. The van der Waals surface area contributed by atoms with E-state index in [9.17, 15) is 4.79 Å². The third-order valence-corrected chi connectivity index (χ3v) is 5.58. The van der Waals surface area contributed by atoms with Crippen LogP contribution in [0.2, 0.25) is 0 Å². The summed E-state index contributed by atoms with van der Waals surface area (Å²) < 4.78 is 5.93. The number of nitrogens with one attached hydrogen (secondary N) is 1. The molecule has 0 aromatic heterocycles. The number of likely N-dealkylation sites (tertiary alicyclic amines) is 1. The zero-order valence-corrected chi connectivity index (χ0v) is 17.2. The van der Waals surface area contributed by atoms with E-state index in [2.05, 4.69) is 30.1 Å². The number of hydrogen-bond acceptors (Lipinski definition) is 3. The molecule has 1 saturated heterocycles. The number of carbonyl (C=O) groups is 1. The average molecular weight is 361 g/mol. The van der Waals surface area contributed by atoms with Crippen LogP contribution in [0.4, 0.5) is 0 Å². The molecule has 1 aliphatic rings. The van der Waals surface area contributed by atoms with Crippen molar-refractivity contribution in [2.24, 2.45) is 0 Å². The summed E-state index contributed by atoms with van der Waals surface area (Å²) >= 11 is 0. The van der Waals surface area contributed by atoms with Crippen LogP contribution in [0.3, 0.4) is 0 Å². The van der Waals surface area contributed by atoms with E-state index in [1.54, 1.807) is 0 Å². The summed E-state index contributed by atoms with van der Waals surface area (Å²) in [7, 11) is 0. The Kier molecular flexibility index (Phi) is 7.95. The number of benzene rings is 1. The summed E-state index contributed by atoms with van der Waals surface area (Å²) in [4.78, 5) is 14.9. The molecule has 2 rings (SSSR count). The maximum Gasteiger partial charge on any atom is 0.260 e. The van der Waals surface area contributed by atoms with Crippen molar-refractivity contribution < 1.29 is 9.53 Å². The van der Waals surface area contributed by atoms with Gasteiger partial charge in [0, 0.05) is 19.1 Å². The van der Waals surface area contributed by atoms with Gasteiger partial charge in [-0.15, -0.1) is 0 Å². The van der Waals surface area contributed by atoms with Gasteiger partial charge in [0.15, 0.2) is 6.10 Å². The second-order valence-electron chi connectivity index (χ2n) is 7.70. The van der Waals surface area contributed by atoms with Gasteiger partial charge in [0.1, 0.15) is 5.75 Å². The Labute approximate surface area is 159 Å². The van der Waals surface area contributed by atoms with Crippen LogP contribution in [0, 0.1) is 20.8 Å². The molecule has 1 heterocycles. The lowest BCUT2D eigenvalue weighted by Gasteiger charge is -2.35. The molecule has 146 valence electrons. The van der Waals surface area contributed by atoms with Gasteiger partial charge in [0.05, 0.1) is 0 Å². The van der Waals surface area contributed by atoms with Crippen molar-refractivity contribution in [2.45, 2.75) is 78.9 Å². The normalized spacial score (nSPS) is 19.2. The first-order valence-corrected chi connectivity index (χ1v) is 10.2. The van der Waals surface area contributed by atoms with Crippen LogP contribution in [0.25, 0.3) is 0 Å². The third-order valence-electron chi connectivity index (χ3n) is 5.58. The molecule has 1 aliphatic heterocycles. The molecule has 0 radical (unpaired) electrons. The van der Waals surface area contributed by atoms with Crippen LogP contribution in [-0.2, 0) is 4.79 Å². The van der Waals surface area contributed by atoms with E-state index in [1.807, 2.05) is 26.8 Å². The first-order valence-electron chi connectivity index (χ1n) is 10.2. The second kappa shape index (κ2) is 9.96. The number of ether oxygens (including phenoxy) is 1. The van der Waals surface area contributed by atoms with Crippen LogP contribution >= 0.6 is 0 Å². The molecule has 4 heteroatoms. The molecule has 1 aromatic carbocycles. The van der Waals surface area contributed by atoms with Gasteiger partial charge >= 0.3 is 0 Å². The molecule has 0 aliphatic carbocycles. The number of hydrogen-bond donors (Lipinski definition) is 1. The van der Waals surface area contributed by atoms with E-state index in [0.717, 1.165) is 35.9 Å². The monoisotopic (exact) mass is 360 g/mol. The fourth-order valence-electron chi connectivity index (χ4n) is 3.82. The Morgan fingerprint density at radius 3 is 2.81 bits per heavy atom. The summed E-state index contributed by atoms with van der Waals surface area (Å²) in [5, 5.41) is 3.03. The molecule has 0 unspecified atom stereocenters. The van der Waals surface area contributed by atoms with Gasteiger partial charge in [-0.3, -0.25) is 4.79 Å². The van der Waals surface area contributed by atoms with Crippen molar-refractivity contribution in [3.8, 4) is 5.75 Å². The minimum atomic E-state index is -0.478. The lowest BCUT2D eigenvalue weighted by atomic mass is 10.00. The van der Waals surface area contributed by atoms with Crippen LogP contribution in [0.5, 0.6) is 5.75 Å². The summed E-state index contributed by atoms with van der Waals surface area (Å²) in [5.41, 5.74) is 3.45. The van der Waals surface area contributed by atoms with Crippen molar-refractivity contribution in [1.29, 1.82) is 0 Å². The fraction of sp³-hybridized carbons (Fsp3) is 0.682. The topological polar surface area (TPSA) is 41.6 Å². The smallest absolute Gasteiger partial charge is 0.260 e. The maximum absolute atomic E-state index is 12.4. The van der Waals surface area contributed by atoms with Crippen molar-refractivity contribution in [2.75, 3.05) is 19.6 Å². The summed E-state index contributed by atoms with van der Waals surface area (Å²) in [6.45, 7) is 13.3. The number of piperidine rings is 1. The number of rotatable bonds is 8. The highest BCUT2D eigenvalue weighted by Crippen LogP contribution is 2.24. The van der Waals surface area contributed by atoms with Gasteiger partial charge in [0.25, 0.3) is 5.91 Å². The first kappa shape index (κ1) is 20.8. The first-order chi connectivity index (χ1) is 12.4. The zero-order valence-electron chi connectivity index (χ0n) is 17.2. The minimum Gasteiger partial charge on any atom is -0.481 e. The molecule has 4 nitrogen and oxygen atoms in total. The van der Waals surface area contributed by atoms with E-state index >= 15 is 0 Å². The van der Waals surface area contributed by atoms with Crippen molar-refractivity contribution >= 4 is 5.91 Å². The van der Waals surface area contributed by atoms with Crippen molar-refractivity contribution in [3.63, 3.8) is 0 Å². The minimum absolute atomic E-state index is 0.0331. The zero-order chi connectivity index (χ0) is 19.1. The Morgan fingerprint density at radius 2 is 2.08 bits per heavy atom. The quantitative estimate of drug-likeness (QED) is 0.708. The molecule has 0 bridgehead atoms. The molecule has 1 aromatic rings. The van der Waals surface area contributed by atoms with Crippen molar-refractivity contribution in [3.05, 3.63) is 28.8 Å². The maximum atomic E-state index is 12.4. The van der Waals surface area contributed by atoms with Crippen molar-refractivity contribution in [1.82, 2.24) is 10.2 Å². The van der Waals surface area contributed by atoms with E-state index in [1.165, 1.54) is 37.8 Å². The predicted octanol–water partition coefficient (Wildman–Crippen LogP) is 4.15. The fourth-order valence-corrected chi connectivity index (χ4v) is 3.82. The molecule has 1 amide bonds. The summed E-state index contributed by atoms with van der Waals surface area (Å²) in [6.07, 6.45) is 5.74. The van der Waals surface area contributed by atoms with Gasteiger partial charge in [0.2, 0.25) is 0 Å². The highest BCUT2D eigenvalue weighted by atomic mass is 16.5. The number of nitrogens with zero attached hydrogens (tertiary/aromatic N) is 1. The van der Waals surface area contributed by atoms with E-state index < -0.39 is 6.10 Å². The Morgan fingerprint density at radius 1 is 1.31 bits per heavy atom. The number of carbonyl (C=O) groups excluding carboxylic acids is 1. The number of amides is 1. The molecule has 0 spiro atoms. The lowest BCUT2D eigenvalue weighted by molar-refractivity contribution is -0.127. The van der Waals surface area contributed by atoms with Crippen LogP contribution < -0.4 is 10.1 Å². The molecule has 2 atom stereocenters. The summed E-state index contributed by atoms with van der Waals surface area (Å²) in [5.74, 6) is 0.776. The largest absolute Gasteiger partial charge is 0.481 e. The van der Waals surface area contributed by atoms with E-state index in [0.29, 0.717) is 6.54 Å². The molecular formula is C22H36N2O2. The van der Waals surface area contributed by atoms with Gasteiger partial charge in [-0.2, -0.15) is 0 Å². The highest BCUT2D eigenvalue weighted by molar-refractivity contribution is 5.80. The van der Waals surface area contributed by atoms with Crippen LogP contribution in [0.1, 0.15) is 62.6 Å². The van der Waals surface area contributed by atoms with Gasteiger partial charge < -0.3 is 15.0 Å². The van der Waals surface area contributed by atoms with Gasteiger partial charge in [-0.1, -0.05) is 19.4 Å². The number of aryl methyl sites for hydroxylation is 2. The molecule has 1 N–H and O–H groups in total. The molecule has 1 fully saturated rings. The van der Waals surface area contributed by atoms with Gasteiger partial charge in [-0.25, -0.2) is 0 Å². The summed E-state index contributed by atoms with van der Waals surface area (Å²) in [6, 6.07) is 4.87. The Hall–Kier alpha value is -1.55. The third kappa shape index (κ3) is 5.73. The predicted molar refractivity (Wildman–Crippen MR) is 108 cm³/mol. The molecular weight excluding hydrogens is 324 g/mol. The Balaban J connectivity index is 1.75. The Bertz CT molecular complexity index is 600. The standard InChI is InChI=1S/C22H36N2O2/c1-6-20-10-7-8-12-24(20)13-9-11-23-22(25)19(5)26-21-15-16(2)14-17(3)18(21)4/h14-15,19-20H,6-13H2,1-5H3,(H,23,25)/t19-,20+/m1/s1. The lowest BCUT2D eigenvalue weighted by Crippen LogP contribution is -2.41. The molecule has 0 saturated carbocycles. The molecule has 26 heavy (non-hydrogen) atoms. The van der Waals surface area contributed by atoms with E-state index in [4.69, 9.17) is 4.74 Å².